The van der Waals surface area contributed by atoms with Crippen LogP contribution >= 0.6 is 23.4 Å². The zero-order chi connectivity index (χ0) is 18.6. The van der Waals surface area contributed by atoms with Gasteiger partial charge in [0, 0.05) is 21.9 Å². The van der Waals surface area contributed by atoms with Gasteiger partial charge in [0.15, 0.2) is 9.84 Å². The average molecular weight is 408 g/mol. The van der Waals surface area contributed by atoms with E-state index in [9.17, 15) is 13.2 Å². The van der Waals surface area contributed by atoms with Crippen molar-refractivity contribution in [2.45, 2.75) is 17.5 Å². The van der Waals surface area contributed by atoms with Crippen LogP contribution in [0.4, 0.5) is 0 Å². The summed E-state index contributed by atoms with van der Waals surface area (Å²) >= 11 is 7.29. The molecule has 1 aliphatic heterocycles. The summed E-state index contributed by atoms with van der Waals surface area (Å²) in [6, 6.07) is 16.4. The highest BCUT2D eigenvalue weighted by molar-refractivity contribution is 8.00. The number of halogens is 1. The van der Waals surface area contributed by atoms with Crippen molar-refractivity contribution < 1.29 is 13.2 Å². The number of carbonyl (C=O) groups excluding carboxylic acids is 1. The Morgan fingerprint density at radius 3 is 2.42 bits per heavy atom. The van der Waals surface area contributed by atoms with Gasteiger partial charge < -0.3 is 4.90 Å². The number of amides is 1. The highest BCUT2D eigenvalue weighted by Gasteiger charge is 2.30. The second kappa shape index (κ2) is 8.29. The Hall–Kier alpha value is -1.76. The van der Waals surface area contributed by atoms with E-state index in [1.165, 1.54) is 17.2 Å². The summed E-state index contributed by atoms with van der Waals surface area (Å²) in [6.07, 6.45) is 1.60. The lowest BCUT2D eigenvalue weighted by Crippen LogP contribution is -2.41. The molecular formula is C19H18ClNO3S2. The number of hydrogen-bond donors (Lipinski definition) is 0. The zero-order valence-corrected chi connectivity index (χ0v) is 16.3. The molecule has 0 unspecified atom stereocenters. The second-order valence-corrected chi connectivity index (χ2v) is 9.39. The van der Waals surface area contributed by atoms with Crippen molar-refractivity contribution in [1.29, 1.82) is 0 Å². The number of benzene rings is 2. The van der Waals surface area contributed by atoms with E-state index in [1.54, 1.807) is 23.1 Å². The molecule has 2 aromatic rings. The summed E-state index contributed by atoms with van der Waals surface area (Å²) in [5, 5.41) is 1.85. The van der Waals surface area contributed by atoms with Gasteiger partial charge in [0.25, 0.3) is 0 Å². The van der Waals surface area contributed by atoms with Crippen LogP contribution in [-0.4, -0.2) is 36.8 Å². The van der Waals surface area contributed by atoms with Crippen molar-refractivity contribution in [3.05, 3.63) is 76.7 Å². The van der Waals surface area contributed by atoms with Crippen molar-refractivity contribution >= 4 is 39.1 Å². The summed E-state index contributed by atoms with van der Waals surface area (Å²) in [6.45, 7) is 0.380. The number of carbonyl (C=O) groups is 1. The summed E-state index contributed by atoms with van der Waals surface area (Å²) in [7, 11) is -3.23. The maximum atomic E-state index is 12.8. The molecule has 3 rings (SSSR count). The van der Waals surface area contributed by atoms with E-state index in [4.69, 9.17) is 11.6 Å². The second-order valence-electron chi connectivity index (χ2n) is 5.98. The van der Waals surface area contributed by atoms with Crippen LogP contribution in [0.1, 0.15) is 5.56 Å². The summed E-state index contributed by atoms with van der Waals surface area (Å²) in [5.41, 5.74) is 0.968. The van der Waals surface area contributed by atoms with E-state index in [-0.39, 0.29) is 17.4 Å². The molecule has 4 nitrogen and oxygen atoms in total. The van der Waals surface area contributed by atoms with Crippen molar-refractivity contribution in [3.8, 4) is 0 Å². The molecule has 7 heteroatoms. The lowest BCUT2D eigenvalue weighted by atomic mass is 10.2. The van der Waals surface area contributed by atoms with Gasteiger partial charge in [-0.2, -0.15) is 0 Å². The lowest BCUT2D eigenvalue weighted by molar-refractivity contribution is -0.130. The Morgan fingerprint density at radius 1 is 1.12 bits per heavy atom. The molecule has 1 atom stereocenters. The predicted molar refractivity (Wildman–Crippen MR) is 106 cm³/mol. The minimum Gasteiger partial charge on any atom is -0.330 e. The van der Waals surface area contributed by atoms with Crippen LogP contribution in [0.15, 0.2) is 71.0 Å². The van der Waals surface area contributed by atoms with Crippen LogP contribution in [0.3, 0.4) is 0 Å². The fourth-order valence-corrected chi connectivity index (χ4v) is 4.89. The van der Waals surface area contributed by atoms with Crippen molar-refractivity contribution in [1.82, 2.24) is 4.90 Å². The first-order chi connectivity index (χ1) is 12.4. The summed E-state index contributed by atoms with van der Waals surface area (Å²) in [4.78, 5) is 15.4. The van der Waals surface area contributed by atoms with Crippen molar-refractivity contribution in [2.75, 3.05) is 11.5 Å². The Morgan fingerprint density at radius 2 is 1.81 bits per heavy atom. The Balaban J connectivity index is 1.72. The van der Waals surface area contributed by atoms with Crippen LogP contribution in [0.25, 0.3) is 0 Å². The fraction of sp³-hybridized carbons (Fsp3) is 0.211. The molecule has 0 spiro atoms. The van der Waals surface area contributed by atoms with Gasteiger partial charge in [0.05, 0.1) is 17.5 Å². The van der Waals surface area contributed by atoms with Gasteiger partial charge in [-0.05, 0) is 35.9 Å². The molecule has 136 valence electrons. The predicted octanol–water partition coefficient (Wildman–Crippen LogP) is 3.77. The highest BCUT2D eigenvalue weighted by Crippen LogP contribution is 2.23. The van der Waals surface area contributed by atoms with E-state index < -0.39 is 15.9 Å². The lowest BCUT2D eigenvalue weighted by Gasteiger charge is -2.27. The summed E-state index contributed by atoms with van der Waals surface area (Å²) in [5.74, 6) is 0.0799. The van der Waals surface area contributed by atoms with Gasteiger partial charge in [0.2, 0.25) is 5.91 Å². The largest absolute Gasteiger partial charge is 0.330 e. The summed E-state index contributed by atoms with van der Waals surface area (Å²) < 4.78 is 23.6. The average Bonchev–Trinajstić information content (AvgIpc) is 2.99. The zero-order valence-electron chi connectivity index (χ0n) is 13.9. The normalized spacial score (nSPS) is 18.0. The van der Waals surface area contributed by atoms with Crippen molar-refractivity contribution in [3.63, 3.8) is 0 Å². The number of hydrogen-bond acceptors (Lipinski definition) is 4. The van der Waals surface area contributed by atoms with Gasteiger partial charge in [-0.15, -0.1) is 11.8 Å². The molecule has 0 radical (unpaired) electrons. The smallest absolute Gasteiger partial charge is 0.233 e. The van der Waals surface area contributed by atoms with Crippen LogP contribution in [0.5, 0.6) is 0 Å². The van der Waals surface area contributed by atoms with E-state index in [2.05, 4.69) is 0 Å². The Bertz CT molecular complexity index is 896. The van der Waals surface area contributed by atoms with Gasteiger partial charge in [0.1, 0.15) is 0 Å². The molecule has 0 N–H and O–H groups in total. The standard InChI is InChI=1S/C19H18ClNO3S2/c20-16-6-8-18(9-7-16)25-13-19(22)21(12-15-4-2-1-3-5-15)17-10-11-26(23,24)14-17/h1-11,17H,12-14H2/t17-/m1/s1. The van der Waals surface area contributed by atoms with Gasteiger partial charge in [-0.25, -0.2) is 8.42 Å². The third kappa shape index (κ3) is 5.13. The van der Waals surface area contributed by atoms with Gasteiger partial charge in [-0.3, -0.25) is 4.79 Å². The quantitative estimate of drug-likeness (QED) is 0.684. The molecule has 0 bridgehead atoms. The van der Waals surface area contributed by atoms with Crippen LogP contribution in [0.2, 0.25) is 5.02 Å². The molecule has 1 aliphatic rings. The topological polar surface area (TPSA) is 54.5 Å². The van der Waals surface area contributed by atoms with E-state index in [1.807, 2.05) is 42.5 Å². The minimum atomic E-state index is -3.23. The molecule has 26 heavy (non-hydrogen) atoms. The number of rotatable bonds is 6. The van der Waals surface area contributed by atoms with Gasteiger partial charge >= 0.3 is 0 Å². The maximum Gasteiger partial charge on any atom is 0.233 e. The molecule has 0 fully saturated rings. The Labute approximate surface area is 162 Å². The fourth-order valence-electron chi connectivity index (χ4n) is 2.68. The van der Waals surface area contributed by atoms with Crippen LogP contribution in [-0.2, 0) is 21.2 Å². The third-order valence-electron chi connectivity index (χ3n) is 4.00. The number of sulfone groups is 1. The first-order valence-electron chi connectivity index (χ1n) is 8.06. The first-order valence-corrected chi connectivity index (χ1v) is 11.1. The first kappa shape index (κ1) is 19.0. The molecule has 0 aliphatic carbocycles. The molecule has 0 aromatic heterocycles. The van der Waals surface area contributed by atoms with E-state index >= 15 is 0 Å². The van der Waals surface area contributed by atoms with Gasteiger partial charge in [-0.1, -0.05) is 41.9 Å². The van der Waals surface area contributed by atoms with Crippen LogP contribution < -0.4 is 0 Å². The molecule has 0 saturated heterocycles. The minimum absolute atomic E-state index is 0.0583. The van der Waals surface area contributed by atoms with Crippen molar-refractivity contribution in [2.24, 2.45) is 0 Å². The SMILES string of the molecule is O=C(CSc1ccc(Cl)cc1)N(Cc1ccccc1)[C@@H]1C=CS(=O)(=O)C1. The Kier molecular flexibility index (Phi) is 6.06. The van der Waals surface area contributed by atoms with E-state index in [0.717, 1.165) is 10.5 Å². The number of thioether (sulfide) groups is 1. The highest BCUT2D eigenvalue weighted by atomic mass is 35.5. The molecule has 0 saturated carbocycles. The molecule has 1 heterocycles. The maximum absolute atomic E-state index is 12.8. The van der Waals surface area contributed by atoms with E-state index in [0.29, 0.717) is 11.6 Å². The molecule has 2 aromatic carbocycles. The third-order valence-corrected chi connectivity index (χ3v) is 6.63. The number of nitrogens with zero attached hydrogens (tertiary/aromatic N) is 1. The molecular weight excluding hydrogens is 390 g/mol. The monoisotopic (exact) mass is 407 g/mol. The van der Waals surface area contributed by atoms with Crippen LogP contribution in [0, 0.1) is 0 Å². The molecule has 1 amide bonds.